The molecule has 32 heavy (non-hydrogen) atoms. The summed E-state index contributed by atoms with van der Waals surface area (Å²) in [6.45, 7) is 6.55. The molecule has 1 aromatic heterocycles. The van der Waals surface area contributed by atoms with Crippen molar-refractivity contribution in [3.8, 4) is 0 Å². The number of hydrogen-bond donors (Lipinski definition) is 2. The fourth-order valence-electron chi connectivity index (χ4n) is 4.99. The van der Waals surface area contributed by atoms with E-state index >= 15 is 0 Å². The lowest BCUT2D eigenvalue weighted by molar-refractivity contribution is 0.0691. The van der Waals surface area contributed by atoms with Crippen molar-refractivity contribution in [3.05, 3.63) is 59.5 Å². The maximum Gasteiger partial charge on any atom is 0.123 e. The number of hydrogen-bond acceptors (Lipinski definition) is 5. The summed E-state index contributed by atoms with van der Waals surface area (Å²) in [6, 6.07) is 11.4. The Kier molecular flexibility index (Phi) is 6.39. The maximum absolute atomic E-state index is 13.5. The second kappa shape index (κ2) is 9.57. The van der Waals surface area contributed by atoms with Crippen LogP contribution in [0.5, 0.6) is 0 Å². The van der Waals surface area contributed by atoms with Crippen LogP contribution >= 0.6 is 0 Å². The Balaban J connectivity index is 1.28. The molecule has 2 fully saturated rings. The first-order valence-corrected chi connectivity index (χ1v) is 11.6. The van der Waals surface area contributed by atoms with Gasteiger partial charge >= 0.3 is 0 Å². The summed E-state index contributed by atoms with van der Waals surface area (Å²) < 4.78 is 25.3. The minimum absolute atomic E-state index is 0.0576. The van der Waals surface area contributed by atoms with Crippen LogP contribution in [0.3, 0.4) is 0 Å². The van der Waals surface area contributed by atoms with Crippen LogP contribution in [-0.4, -0.2) is 62.8 Å². The number of benzene rings is 2. The highest BCUT2D eigenvalue weighted by Crippen LogP contribution is 2.34. The molecule has 0 atom stereocenters. The van der Waals surface area contributed by atoms with E-state index in [9.17, 15) is 4.39 Å². The highest BCUT2D eigenvalue weighted by Gasteiger charge is 2.34. The highest BCUT2D eigenvalue weighted by molar-refractivity contribution is 5.85. The Morgan fingerprint density at radius 1 is 1.09 bits per heavy atom. The molecule has 2 N–H and O–H groups in total. The number of H-pyrrole nitrogens is 1. The first-order chi connectivity index (χ1) is 15.7. The van der Waals surface area contributed by atoms with Crippen molar-refractivity contribution in [2.45, 2.75) is 24.7 Å². The molecular weight excluding hydrogens is 407 g/mol. The number of morpholine rings is 1. The lowest BCUT2D eigenvalue weighted by Gasteiger charge is -2.38. The predicted octanol–water partition coefficient (Wildman–Crippen LogP) is 3.42. The molecule has 7 heteroatoms. The average Bonchev–Trinajstić information content (AvgIpc) is 3.32. The van der Waals surface area contributed by atoms with Crippen LogP contribution in [0.1, 0.15) is 24.0 Å². The summed E-state index contributed by atoms with van der Waals surface area (Å²) >= 11 is 0. The molecule has 6 nitrogen and oxygen atoms in total. The molecule has 0 bridgehead atoms. The number of aromatic amines is 1. The van der Waals surface area contributed by atoms with Crippen molar-refractivity contribution in [1.29, 1.82) is 0 Å². The summed E-state index contributed by atoms with van der Waals surface area (Å²) in [7, 11) is 0. The van der Waals surface area contributed by atoms with Gasteiger partial charge in [0, 0.05) is 29.6 Å². The molecule has 2 aliphatic rings. The summed E-state index contributed by atoms with van der Waals surface area (Å²) in [6.07, 6.45) is 4.70. The van der Waals surface area contributed by atoms with Gasteiger partial charge in [-0.2, -0.15) is 5.10 Å². The van der Waals surface area contributed by atoms with Crippen molar-refractivity contribution in [2.75, 3.05) is 57.5 Å². The number of nitrogens with one attached hydrogen (secondary N) is 2. The number of aromatic nitrogens is 2. The van der Waals surface area contributed by atoms with E-state index in [1.807, 2.05) is 18.3 Å². The number of anilines is 1. The molecule has 0 aliphatic carbocycles. The van der Waals surface area contributed by atoms with E-state index in [0.29, 0.717) is 13.2 Å². The minimum atomic E-state index is -0.192. The number of ether oxygens (including phenoxy) is 2. The van der Waals surface area contributed by atoms with Crippen LogP contribution in [0, 0.1) is 5.82 Å². The third kappa shape index (κ3) is 4.51. The minimum Gasteiger partial charge on any atom is -0.380 e. The van der Waals surface area contributed by atoms with Gasteiger partial charge in [-0.3, -0.25) is 5.10 Å². The van der Waals surface area contributed by atoms with E-state index in [4.69, 9.17) is 9.47 Å². The van der Waals surface area contributed by atoms with Crippen LogP contribution < -0.4 is 10.2 Å². The van der Waals surface area contributed by atoms with Gasteiger partial charge in [0.2, 0.25) is 0 Å². The van der Waals surface area contributed by atoms with Crippen LogP contribution in [0.15, 0.2) is 42.6 Å². The van der Waals surface area contributed by atoms with E-state index in [-0.39, 0.29) is 11.2 Å². The molecule has 3 heterocycles. The van der Waals surface area contributed by atoms with Gasteiger partial charge in [0.15, 0.2) is 0 Å². The Morgan fingerprint density at radius 3 is 2.66 bits per heavy atom. The topological polar surface area (TPSA) is 62.4 Å². The number of nitrogens with zero attached hydrogens (tertiary/aromatic N) is 2. The van der Waals surface area contributed by atoms with Crippen LogP contribution in [-0.2, 0) is 21.3 Å². The zero-order chi connectivity index (χ0) is 21.8. The molecule has 0 spiro atoms. The summed E-state index contributed by atoms with van der Waals surface area (Å²) in [5.41, 5.74) is 4.64. The Labute approximate surface area is 188 Å². The first-order valence-electron chi connectivity index (χ1n) is 11.6. The summed E-state index contributed by atoms with van der Waals surface area (Å²) in [5.74, 6) is -0.192. The second-order valence-electron chi connectivity index (χ2n) is 8.88. The average molecular weight is 439 g/mol. The standard InChI is InChI=1S/C25H31FN4O2/c26-22-3-1-21(2-4-22)25(6-8-27-9-7-25)18-32-12-5-19-15-23(30-10-13-31-14-11-30)16-20-17-28-29-24(19)20/h1-4,15-17,27H,5-14,18H2,(H,28,29). The van der Waals surface area contributed by atoms with Crippen molar-refractivity contribution < 1.29 is 13.9 Å². The fourth-order valence-corrected chi connectivity index (χ4v) is 4.99. The third-order valence-corrected chi connectivity index (χ3v) is 6.90. The van der Waals surface area contributed by atoms with Gasteiger partial charge in [0.05, 0.1) is 38.1 Å². The number of fused-ring (bicyclic) bond motifs is 1. The quantitative estimate of drug-likeness (QED) is 0.554. The normalized spacial score (nSPS) is 18.8. The van der Waals surface area contributed by atoms with Gasteiger partial charge < -0.3 is 19.7 Å². The SMILES string of the molecule is Fc1ccc(C2(COCCc3cc(N4CCOCC4)cc4cn[nH]c34)CCNCC2)cc1. The monoisotopic (exact) mass is 438 g/mol. The molecule has 0 amide bonds. The first kappa shape index (κ1) is 21.4. The van der Waals surface area contributed by atoms with Gasteiger partial charge in [-0.05, 0) is 67.7 Å². The summed E-state index contributed by atoms with van der Waals surface area (Å²) in [5, 5.41) is 12.0. The molecule has 0 radical (unpaired) electrons. The van der Waals surface area contributed by atoms with Crippen LogP contribution in [0.25, 0.3) is 10.9 Å². The van der Waals surface area contributed by atoms with Crippen LogP contribution in [0.2, 0.25) is 0 Å². The maximum atomic E-state index is 13.5. The van der Waals surface area contributed by atoms with Gasteiger partial charge in [0.25, 0.3) is 0 Å². The zero-order valence-corrected chi connectivity index (χ0v) is 18.4. The molecule has 0 unspecified atom stereocenters. The number of rotatable bonds is 7. The van der Waals surface area contributed by atoms with Crippen LogP contribution in [0.4, 0.5) is 10.1 Å². The lowest BCUT2D eigenvalue weighted by Crippen LogP contribution is -2.43. The van der Waals surface area contributed by atoms with E-state index < -0.39 is 0 Å². The smallest absolute Gasteiger partial charge is 0.123 e. The van der Waals surface area contributed by atoms with Gasteiger partial charge in [-0.25, -0.2) is 4.39 Å². The molecule has 170 valence electrons. The Bertz CT molecular complexity index is 1020. The van der Waals surface area contributed by atoms with Crippen molar-refractivity contribution >= 4 is 16.6 Å². The lowest BCUT2D eigenvalue weighted by atomic mass is 9.74. The molecule has 2 saturated heterocycles. The van der Waals surface area contributed by atoms with Crippen molar-refractivity contribution in [3.63, 3.8) is 0 Å². The summed E-state index contributed by atoms with van der Waals surface area (Å²) in [4.78, 5) is 2.37. The number of piperidine rings is 1. The zero-order valence-electron chi connectivity index (χ0n) is 18.4. The second-order valence-corrected chi connectivity index (χ2v) is 8.88. The van der Waals surface area contributed by atoms with Gasteiger partial charge in [-0.15, -0.1) is 0 Å². The van der Waals surface area contributed by atoms with E-state index in [1.165, 1.54) is 16.8 Å². The molecular formula is C25H31FN4O2. The molecule has 3 aromatic rings. The van der Waals surface area contributed by atoms with Gasteiger partial charge in [0.1, 0.15) is 5.82 Å². The van der Waals surface area contributed by atoms with E-state index in [2.05, 4.69) is 32.5 Å². The highest BCUT2D eigenvalue weighted by atomic mass is 19.1. The Hall–Kier alpha value is -2.48. The molecule has 5 rings (SSSR count). The van der Waals surface area contributed by atoms with E-state index in [0.717, 1.165) is 69.6 Å². The van der Waals surface area contributed by atoms with Crippen molar-refractivity contribution in [2.24, 2.45) is 0 Å². The van der Waals surface area contributed by atoms with Gasteiger partial charge in [-0.1, -0.05) is 12.1 Å². The molecule has 2 aliphatic heterocycles. The van der Waals surface area contributed by atoms with Crippen molar-refractivity contribution in [1.82, 2.24) is 15.5 Å². The number of halogens is 1. The van der Waals surface area contributed by atoms with E-state index in [1.54, 1.807) is 12.1 Å². The predicted molar refractivity (Wildman–Crippen MR) is 124 cm³/mol. The molecule has 2 aromatic carbocycles. The fraction of sp³-hybridized carbons (Fsp3) is 0.480. The largest absolute Gasteiger partial charge is 0.380 e. The Morgan fingerprint density at radius 2 is 1.88 bits per heavy atom. The molecule has 0 saturated carbocycles. The third-order valence-electron chi connectivity index (χ3n) is 6.90.